The van der Waals surface area contributed by atoms with E-state index in [2.05, 4.69) is 5.32 Å². The first kappa shape index (κ1) is 29.4. The number of nitrogens with one attached hydrogen (secondary N) is 1. The van der Waals surface area contributed by atoms with Gasteiger partial charge in [0.25, 0.3) is 0 Å². The maximum atomic E-state index is 12.7. The molecule has 0 aliphatic rings. The van der Waals surface area contributed by atoms with E-state index in [1.165, 1.54) is 7.11 Å². The van der Waals surface area contributed by atoms with Crippen molar-refractivity contribution in [3.63, 3.8) is 0 Å². The van der Waals surface area contributed by atoms with Crippen LogP contribution in [0, 0.1) is 0 Å². The molecule has 1 unspecified atom stereocenters. The Morgan fingerprint density at radius 3 is 2.42 bits per heavy atom. The van der Waals surface area contributed by atoms with Crippen LogP contribution in [0.1, 0.15) is 44.2 Å². The average molecular weight is 556 g/mol. The number of halogens is 1. The maximum absolute atomic E-state index is 12.7. The van der Waals surface area contributed by atoms with Crippen molar-refractivity contribution in [3.05, 3.63) is 88.9 Å². The fourth-order valence-electron chi connectivity index (χ4n) is 4.02. The number of alkyl carbamates (subject to hydrolysis) is 1. The molecule has 1 amide bonds. The largest absolute Gasteiger partial charge is 0.489 e. The number of esters is 1. The number of hydrogen-bond donors (Lipinski definition) is 1. The molecule has 3 aromatic rings. The maximum Gasteiger partial charge on any atom is 0.407 e. The van der Waals surface area contributed by atoms with Crippen molar-refractivity contribution in [3.8, 4) is 5.75 Å². The predicted molar refractivity (Wildman–Crippen MR) is 151 cm³/mol. The van der Waals surface area contributed by atoms with E-state index in [0.717, 1.165) is 26.7 Å². The van der Waals surface area contributed by atoms with Crippen LogP contribution in [0.3, 0.4) is 0 Å². The second-order valence-electron chi connectivity index (χ2n) is 8.73. The van der Waals surface area contributed by atoms with E-state index in [9.17, 15) is 9.59 Å². The smallest absolute Gasteiger partial charge is 0.407 e. The minimum atomic E-state index is -1.14. The van der Waals surface area contributed by atoms with Crippen LogP contribution in [0.5, 0.6) is 5.75 Å². The van der Waals surface area contributed by atoms with Crippen LogP contribution in [0.15, 0.2) is 82.6 Å². The first-order valence-electron chi connectivity index (χ1n) is 12.7. The number of benzene rings is 3. The van der Waals surface area contributed by atoms with Gasteiger partial charge in [0.2, 0.25) is 0 Å². The molecule has 0 fully saturated rings. The van der Waals surface area contributed by atoms with Crippen LogP contribution in [0.2, 0.25) is 5.02 Å². The summed E-state index contributed by atoms with van der Waals surface area (Å²) in [6.45, 7) is 4.33. The Bertz CT molecular complexity index is 1210. The molecule has 0 aromatic heterocycles. The highest BCUT2D eigenvalue weighted by Gasteiger charge is 2.39. The minimum absolute atomic E-state index is 0.233. The van der Waals surface area contributed by atoms with Gasteiger partial charge in [-0.25, -0.2) is 9.59 Å². The van der Waals surface area contributed by atoms with Gasteiger partial charge in [0, 0.05) is 14.8 Å². The zero-order valence-electron chi connectivity index (χ0n) is 22.0. The summed E-state index contributed by atoms with van der Waals surface area (Å²) >= 11 is 8.24. The highest BCUT2D eigenvalue weighted by molar-refractivity contribution is 7.99. The summed E-state index contributed by atoms with van der Waals surface area (Å²) in [7, 11) is 1.27. The lowest BCUT2D eigenvalue weighted by Crippen LogP contribution is -2.55. The standard InChI is InChI=1S/C30H34ClNO5S/c1-4-30(28(33)36-5-2,32-29(34)35-3)18-10-13-23-16-17-26(20-27(23)31)38-25-15-9-14-24(19-25)37-21-22-11-7-6-8-12-22/h6-9,11-12,14-17,19-20H,4-5,10,13,18,21H2,1-3H3,(H,32,34). The second-order valence-corrected chi connectivity index (χ2v) is 10.3. The van der Waals surface area contributed by atoms with Gasteiger partial charge in [0.15, 0.2) is 0 Å². The molecule has 0 radical (unpaired) electrons. The zero-order chi connectivity index (χ0) is 27.4. The van der Waals surface area contributed by atoms with Crippen LogP contribution in [-0.2, 0) is 27.3 Å². The molecule has 1 N–H and O–H groups in total. The lowest BCUT2D eigenvalue weighted by Gasteiger charge is -2.30. The van der Waals surface area contributed by atoms with Crippen LogP contribution in [-0.4, -0.2) is 31.3 Å². The quantitative estimate of drug-likeness (QED) is 0.221. The summed E-state index contributed by atoms with van der Waals surface area (Å²) in [5.41, 5.74) is 0.953. The number of rotatable bonds is 13. The number of amides is 1. The van der Waals surface area contributed by atoms with Crippen molar-refractivity contribution in [1.29, 1.82) is 0 Å². The Balaban J connectivity index is 1.60. The van der Waals surface area contributed by atoms with Gasteiger partial charge in [-0.1, -0.05) is 72.8 Å². The summed E-state index contributed by atoms with van der Waals surface area (Å²) in [6.07, 6.45) is 1.41. The van der Waals surface area contributed by atoms with Crippen LogP contribution in [0.4, 0.5) is 4.79 Å². The molecule has 0 bridgehead atoms. The van der Waals surface area contributed by atoms with E-state index in [0.29, 0.717) is 37.3 Å². The highest BCUT2D eigenvalue weighted by Crippen LogP contribution is 2.33. The van der Waals surface area contributed by atoms with E-state index >= 15 is 0 Å². The van der Waals surface area contributed by atoms with Gasteiger partial charge in [0.05, 0.1) is 13.7 Å². The van der Waals surface area contributed by atoms with Gasteiger partial charge < -0.3 is 19.5 Å². The van der Waals surface area contributed by atoms with Crippen LogP contribution >= 0.6 is 23.4 Å². The van der Waals surface area contributed by atoms with Gasteiger partial charge >= 0.3 is 12.1 Å². The van der Waals surface area contributed by atoms with E-state index in [-0.39, 0.29) is 6.61 Å². The molecule has 3 aromatic carbocycles. The Kier molecular flexibility index (Phi) is 11.4. The SMILES string of the molecule is CCOC(=O)C(CC)(CCCc1ccc(Sc2cccc(OCc3ccccc3)c2)cc1Cl)NC(=O)OC. The molecule has 3 rings (SSSR count). The Morgan fingerprint density at radius 1 is 0.974 bits per heavy atom. The number of hydrogen-bond acceptors (Lipinski definition) is 6. The number of carbonyl (C=O) groups is 2. The summed E-state index contributed by atoms with van der Waals surface area (Å²) in [5.74, 6) is 0.351. The lowest BCUT2D eigenvalue weighted by molar-refractivity contribution is -0.151. The fraction of sp³-hybridized carbons (Fsp3) is 0.333. The fourth-order valence-corrected chi connectivity index (χ4v) is 5.27. The molecule has 202 valence electrons. The summed E-state index contributed by atoms with van der Waals surface area (Å²) in [6, 6.07) is 24.0. The van der Waals surface area contributed by atoms with E-state index < -0.39 is 17.6 Å². The number of ether oxygens (including phenoxy) is 3. The molecular weight excluding hydrogens is 522 g/mol. The molecule has 6 nitrogen and oxygen atoms in total. The summed E-state index contributed by atoms with van der Waals surface area (Å²) in [5, 5.41) is 3.35. The first-order chi connectivity index (χ1) is 18.4. The highest BCUT2D eigenvalue weighted by atomic mass is 35.5. The van der Waals surface area contributed by atoms with Gasteiger partial charge in [-0.3, -0.25) is 0 Å². The summed E-state index contributed by atoms with van der Waals surface area (Å²) in [4.78, 5) is 26.7. The third-order valence-corrected chi connectivity index (χ3v) is 7.49. The molecule has 1 atom stereocenters. The Labute approximate surface area is 234 Å². The van der Waals surface area contributed by atoms with Crippen molar-refractivity contribution in [2.24, 2.45) is 0 Å². The van der Waals surface area contributed by atoms with E-state index in [4.69, 9.17) is 25.8 Å². The predicted octanol–water partition coefficient (Wildman–Crippen LogP) is 7.46. The number of methoxy groups -OCH3 is 1. The first-order valence-corrected chi connectivity index (χ1v) is 13.8. The molecule has 0 heterocycles. The van der Waals surface area contributed by atoms with Crippen molar-refractivity contribution in [2.45, 2.75) is 61.5 Å². The Morgan fingerprint density at radius 2 is 1.74 bits per heavy atom. The monoisotopic (exact) mass is 555 g/mol. The zero-order valence-corrected chi connectivity index (χ0v) is 23.6. The molecule has 0 spiro atoms. The second kappa shape index (κ2) is 14.7. The Hall–Kier alpha value is -3.16. The lowest BCUT2D eigenvalue weighted by atomic mass is 9.89. The average Bonchev–Trinajstić information content (AvgIpc) is 2.93. The normalized spacial score (nSPS) is 12.3. The van der Waals surface area contributed by atoms with Crippen LogP contribution in [0.25, 0.3) is 0 Å². The molecule has 8 heteroatoms. The number of carbonyl (C=O) groups excluding carboxylic acids is 2. The molecular formula is C30H34ClNO5S. The summed E-state index contributed by atoms with van der Waals surface area (Å²) < 4.78 is 15.9. The minimum Gasteiger partial charge on any atom is -0.489 e. The van der Waals surface area contributed by atoms with Crippen LogP contribution < -0.4 is 10.1 Å². The third-order valence-electron chi connectivity index (χ3n) is 6.16. The molecule has 38 heavy (non-hydrogen) atoms. The topological polar surface area (TPSA) is 73.9 Å². The van der Waals surface area contributed by atoms with E-state index in [1.807, 2.05) is 79.7 Å². The van der Waals surface area contributed by atoms with E-state index in [1.54, 1.807) is 18.7 Å². The molecule has 0 aliphatic heterocycles. The van der Waals surface area contributed by atoms with Gasteiger partial charge in [0.1, 0.15) is 17.9 Å². The number of aryl methyl sites for hydroxylation is 1. The third kappa shape index (κ3) is 8.43. The van der Waals surface area contributed by atoms with Crippen molar-refractivity contribution < 1.29 is 23.8 Å². The van der Waals surface area contributed by atoms with Crippen molar-refractivity contribution in [1.82, 2.24) is 5.32 Å². The van der Waals surface area contributed by atoms with Crippen molar-refractivity contribution >= 4 is 35.4 Å². The van der Waals surface area contributed by atoms with Gasteiger partial charge in [-0.05, 0) is 74.1 Å². The van der Waals surface area contributed by atoms with Gasteiger partial charge in [-0.2, -0.15) is 0 Å². The molecule has 0 aliphatic carbocycles. The van der Waals surface area contributed by atoms with Crippen molar-refractivity contribution in [2.75, 3.05) is 13.7 Å². The molecule has 0 saturated heterocycles. The molecule has 0 saturated carbocycles. The van der Waals surface area contributed by atoms with Gasteiger partial charge in [-0.15, -0.1) is 0 Å².